The highest BCUT2D eigenvalue weighted by Gasteiger charge is 2.25. The van der Waals surface area contributed by atoms with Crippen LogP contribution in [0.1, 0.15) is 0 Å². The molecule has 1 atom stereocenters. The zero-order chi connectivity index (χ0) is 11.5. The van der Waals surface area contributed by atoms with Crippen LogP contribution in [-0.4, -0.2) is 40.5 Å². The van der Waals surface area contributed by atoms with Crippen LogP contribution >= 0.6 is 0 Å². The molecular weight excluding hydrogens is 206 g/mol. The van der Waals surface area contributed by atoms with E-state index in [1.54, 1.807) is 14.2 Å². The van der Waals surface area contributed by atoms with E-state index in [4.69, 9.17) is 14.2 Å². The molecule has 4 heteroatoms. The number of nitrogens with zero attached hydrogens (tertiary/aromatic N) is 1. The largest absolute Gasteiger partial charge is 0.493 e. The van der Waals surface area contributed by atoms with E-state index >= 15 is 0 Å². The van der Waals surface area contributed by atoms with Crippen LogP contribution in [0, 0.1) is 0 Å². The van der Waals surface area contributed by atoms with Gasteiger partial charge in [0.25, 0.3) is 0 Å². The summed E-state index contributed by atoms with van der Waals surface area (Å²) in [5.74, 6) is 1.57. The maximum atomic E-state index is 5.87. The van der Waals surface area contributed by atoms with Crippen molar-refractivity contribution >= 4 is 5.69 Å². The van der Waals surface area contributed by atoms with E-state index in [1.165, 1.54) is 0 Å². The van der Waals surface area contributed by atoms with E-state index in [1.807, 2.05) is 25.2 Å². The van der Waals surface area contributed by atoms with Crippen molar-refractivity contribution in [2.45, 2.75) is 6.10 Å². The molecule has 0 bridgehead atoms. The lowest BCUT2D eigenvalue weighted by Gasteiger charge is -2.34. The summed E-state index contributed by atoms with van der Waals surface area (Å²) in [5.41, 5.74) is 1.06. The summed E-state index contributed by atoms with van der Waals surface area (Å²) in [6.45, 7) is 1.41. The molecule has 2 rings (SSSR count). The van der Waals surface area contributed by atoms with Crippen LogP contribution in [-0.2, 0) is 4.74 Å². The minimum atomic E-state index is 0.0544. The normalized spacial score (nSPS) is 18.9. The monoisotopic (exact) mass is 223 g/mol. The molecule has 0 saturated heterocycles. The van der Waals surface area contributed by atoms with Crippen LogP contribution < -0.4 is 14.4 Å². The lowest BCUT2D eigenvalue weighted by Crippen LogP contribution is -2.40. The van der Waals surface area contributed by atoms with Gasteiger partial charge in [0.2, 0.25) is 0 Å². The molecule has 1 heterocycles. The van der Waals surface area contributed by atoms with Crippen molar-refractivity contribution in [3.8, 4) is 11.5 Å². The number of hydrogen-bond donors (Lipinski definition) is 0. The number of likely N-dealkylation sites (N-methyl/N-ethyl adjacent to an activating group) is 1. The summed E-state index contributed by atoms with van der Waals surface area (Å²) in [4.78, 5) is 2.16. The van der Waals surface area contributed by atoms with Gasteiger partial charge in [-0.15, -0.1) is 0 Å². The van der Waals surface area contributed by atoms with Crippen molar-refractivity contribution in [2.24, 2.45) is 0 Å². The number of rotatable bonds is 3. The molecule has 88 valence electrons. The van der Waals surface area contributed by atoms with E-state index in [-0.39, 0.29) is 6.10 Å². The van der Waals surface area contributed by atoms with Gasteiger partial charge in [-0.2, -0.15) is 0 Å². The van der Waals surface area contributed by atoms with Crippen molar-refractivity contribution in [1.29, 1.82) is 0 Å². The predicted molar refractivity (Wildman–Crippen MR) is 62.6 cm³/mol. The first-order chi connectivity index (χ1) is 7.76. The number of fused-ring (bicyclic) bond motifs is 1. The van der Waals surface area contributed by atoms with Crippen LogP contribution in [0.2, 0.25) is 0 Å². The molecule has 0 N–H and O–H groups in total. The van der Waals surface area contributed by atoms with Gasteiger partial charge in [0.05, 0.1) is 25.9 Å². The lowest BCUT2D eigenvalue weighted by molar-refractivity contribution is 0.0779. The second kappa shape index (κ2) is 4.61. The maximum absolute atomic E-state index is 5.87. The molecule has 1 aliphatic heterocycles. The zero-order valence-corrected chi connectivity index (χ0v) is 9.90. The van der Waals surface area contributed by atoms with Crippen LogP contribution in [0.25, 0.3) is 0 Å². The van der Waals surface area contributed by atoms with Crippen molar-refractivity contribution in [3.63, 3.8) is 0 Å². The Balaban J connectivity index is 2.31. The van der Waals surface area contributed by atoms with Gasteiger partial charge < -0.3 is 19.1 Å². The van der Waals surface area contributed by atoms with Gasteiger partial charge in [0.15, 0.2) is 11.5 Å². The summed E-state index contributed by atoms with van der Waals surface area (Å²) < 4.78 is 16.3. The average Bonchev–Trinajstić information content (AvgIpc) is 2.29. The first-order valence-electron chi connectivity index (χ1n) is 5.30. The van der Waals surface area contributed by atoms with Crippen LogP contribution in [0.4, 0.5) is 5.69 Å². The molecule has 0 spiro atoms. The van der Waals surface area contributed by atoms with Gasteiger partial charge in [0.1, 0.15) is 6.10 Å². The Morgan fingerprint density at radius 1 is 1.44 bits per heavy atom. The summed E-state index contributed by atoms with van der Waals surface area (Å²) in [7, 11) is 5.38. The van der Waals surface area contributed by atoms with Crippen LogP contribution in [0.3, 0.4) is 0 Å². The number of methoxy groups -OCH3 is 2. The van der Waals surface area contributed by atoms with E-state index in [0.717, 1.165) is 23.7 Å². The van der Waals surface area contributed by atoms with E-state index in [2.05, 4.69) is 4.90 Å². The van der Waals surface area contributed by atoms with E-state index in [9.17, 15) is 0 Å². The predicted octanol–water partition coefficient (Wildman–Crippen LogP) is 1.54. The van der Waals surface area contributed by atoms with Gasteiger partial charge in [-0.1, -0.05) is 6.07 Å². The third-order valence-corrected chi connectivity index (χ3v) is 2.70. The van der Waals surface area contributed by atoms with Gasteiger partial charge in [-0.3, -0.25) is 0 Å². The molecule has 0 fully saturated rings. The third-order valence-electron chi connectivity index (χ3n) is 2.70. The second-order valence-electron chi connectivity index (χ2n) is 3.88. The molecule has 0 aliphatic carbocycles. The van der Waals surface area contributed by atoms with Gasteiger partial charge >= 0.3 is 0 Å². The number of para-hydroxylation sites is 1. The third kappa shape index (κ3) is 1.93. The first-order valence-corrected chi connectivity index (χ1v) is 5.30. The molecule has 4 nitrogen and oxygen atoms in total. The first kappa shape index (κ1) is 11.1. The Morgan fingerprint density at radius 2 is 2.25 bits per heavy atom. The van der Waals surface area contributed by atoms with Gasteiger partial charge in [-0.05, 0) is 12.1 Å². The molecule has 0 unspecified atom stereocenters. The summed E-state index contributed by atoms with van der Waals surface area (Å²) >= 11 is 0. The fourth-order valence-corrected chi connectivity index (χ4v) is 1.96. The Bertz CT molecular complexity index is 367. The lowest BCUT2D eigenvalue weighted by atomic mass is 10.2. The molecule has 1 aliphatic rings. The summed E-state index contributed by atoms with van der Waals surface area (Å²) in [6.07, 6.45) is 0.0544. The Morgan fingerprint density at radius 3 is 2.94 bits per heavy atom. The quantitative estimate of drug-likeness (QED) is 0.777. The number of hydrogen-bond acceptors (Lipinski definition) is 4. The molecular formula is C12H17NO3. The molecule has 1 aromatic carbocycles. The fraction of sp³-hybridized carbons (Fsp3) is 0.500. The zero-order valence-electron chi connectivity index (χ0n) is 9.90. The van der Waals surface area contributed by atoms with Crippen LogP contribution in [0.15, 0.2) is 18.2 Å². The molecule has 1 aromatic rings. The highest BCUT2D eigenvalue weighted by Crippen LogP contribution is 2.40. The average molecular weight is 223 g/mol. The topological polar surface area (TPSA) is 30.9 Å². The highest BCUT2D eigenvalue weighted by molar-refractivity contribution is 5.65. The molecule has 0 radical (unpaired) electrons. The molecule has 0 aromatic heterocycles. The molecule has 0 saturated carbocycles. The van der Waals surface area contributed by atoms with E-state index in [0.29, 0.717) is 6.61 Å². The minimum absolute atomic E-state index is 0.0544. The maximum Gasteiger partial charge on any atom is 0.185 e. The van der Waals surface area contributed by atoms with Crippen molar-refractivity contribution in [1.82, 2.24) is 0 Å². The Labute approximate surface area is 95.7 Å². The SMILES string of the molecule is COC[C@@H]1CN(C)c2cccc(OC)c2O1. The number of ether oxygens (including phenoxy) is 3. The summed E-state index contributed by atoms with van der Waals surface area (Å²) in [6, 6.07) is 5.90. The molecule has 16 heavy (non-hydrogen) atoms. The van der Waals surface area contributed by atoms with Gasteiger partial charge in [0, 0.05) is 14.2 Å². The van der Waals surface area contributed by atoms with Crippen molar-refractivity contribution in [3.05, 3.63) is 18.2 Å². The minimum Gasteiger partial charge on any atom is -0.493 e. The number of benzene rings is 1. The van der Waals surface area contributed by atoms with Crippen molar-refractivity contribution < 1.29 is 14.2 Å². The smallest absolute Gasteiger partial charge is 0.185 e. The summed E-state index contributed by atoms with van der Waals surface area (Å²) in [5, 5.41) is 0. The van der Waals surface area contributed by atoms with Gasteiger partial charge in [-0.25, -0.2) is 0 Å². The number of anilines is 1. The highest BCUT2D eigenvalue weighted by atomic mass is 16.5. The van der Waals surface area contributed by atoms with Crippen LogP contribution in [0.5, 0.6) is 11.5 Å². The standard InChI is InChI=1S/C12H17NO3/c1-13-7-9(8-14-2)16-12-10(13)5-4-6-11(12)15-3/h4-6,9H,7-8H2,1-3H3/t9-/m0/s1. The second-order valence-corrected chi connectivity index (χ2v) is 3.88. The van der Waals surface area contributed by atoms with E-state index < -0.39 is 0 Å². The molecule has 0 amide bonds. The fourth-order valence-electron chi connectivity index (χ4n) is 1.96. The Kier molecular flexibility index (Phi) is 3.19. The van der Waals surface area contributed by atoms with Crippen molar-refractivity contribution in [2.75, 3.05) is 39.3 Å². The Hall–Kier alpha value is -1.42.